The van der Waals surface area contributed by atoms with Gasteiger partial charge in [-0.25, -0.2) is 9.97 Å². The van der Waals surface area contributed by atoms with E-state index < -0.39 is 17.8 Å². The molecule has 0 bridgehead atoms. The van der Waals surface area contributed by atoms with Gasteiger partial charge in [0.2, 0.25) is 5.88 Å². The van der Waals surface area contributed by atoms with Crippen molar-refractivity contribution in [2.24, 2.45) is 0 Å². The largest absolute Gasteiger partial charge is 0.492 e. The predicted molar refractivity (Wildman–Crippen MR) is 89.2 cm³/mol. The third-order valence-electron chi connectivity index (χ3n) is 3.11. The second-order valence-electron chi connectivity index (χ2n) is 5.35. The Morgan fingerprint density at radius 1 is 1.28 bits per heavy atom. The number of hydrogen-bond acceptors (Lipinski definition) is 7. The maximum atomic E-state index is 12.1. The lowest BCUT2D eigenvalue weighted by atomic mass is 10.1. The molecule has 0 aliphatic heterocycles. The van der Waals surface area contributed by atoms with E-state index in [1.165, 1.54) is 13.3 Å². The summed E-state index contributed by atoms with van der Waals surface area (Å²) in [6.07, 6.45) is 1.30. The van der Waals surface area contributed by atoms with Gasteiger partial charge < -0.3 is 19.9 Å². The van der Waals surface area contributed by atoms with E-state index in [4.69, 9.17) is 4.74 Å². The minimum absolute atomic E-state index is 0.0472. The number of amides is 1. The van der Waals surface area contributed by atoms with Crippen LogP contribution in [0.25, 0.3) is 11.3 Å². The summed E-state index contributed by atoms with van der Waals surface area (Å²) in [4.78, 5) is 31.2. The lowest BCUT2D eigenvalue weighted by Crippen LogP contribution is -2.31. The Morgan fingerprint density at radius 2 is 2.00 bits per heavy atom. The van der Waals surface area contributed by atoms with Crippen molar-refractivity contribution in [1.82, 2.24) is 15.3 Å². The first-order chi connectivity index (χ1) is 11.9. The van der Waals surface area contributed by atoms with Crippen LogP contribution in [0, 0.1) is 0 Å². The van der Waals surface area contributed by atoms with Crippen molar-refractivity contribution in [2.75, 3.05) is 13.7 Å². The average molecular weight is 345 g/mol. The summed E-state index contributed by atoms with van der Waals surface area (Å²) in [6.45, 7) is 3.45. The Morgan fingerprint density at radius 3 is 2.68 bits per heavy atom. The van der Waals surface area contributed by atoms with Crippen molar-refractivity contribution in [3.05, 3.63) is 36.2 Å². The number of methoxy groups -OCH3 is 1. The smallest absolute Gasteiger partial charge is 0.325 e. The molecule has 25 heavy (non-hydrogen) atoms. The Labute approximate surface area is 144 Å². The van der Waals surface area contributed by atoms with Crippen molar-refractivity contribution < 1.29 is 24.2 Å². The lowest BCUT2D eigenvalue weighted by Gasteiger charge is -2.14. The van der Waals surface area contributed by atoms with Crippen LogP contribution >= 0.6 is 0 Å². The van der Waals surface area contributed by atoms with Crippen molar-refractivity contribution in [3.63, 3.8) is 0 Å². The number of benzene rings is 1. The Hall–Kier alpha value is -3.16. The van der Waals surface area contributed by atoms with Gasteiger partial charge in [0.15, 0.2) is 5.69 Å². The number of hydrogen-bond donors (Lipinski definition) is 2. The third-order valence-corrected chi connectivity index (χ3v) is 3.11. The molecule has 2 N–H and O–H groups in total. The summed E-state index contributed by atoms with van der Waals surface area (Å²) in [6, 6.07) is 7.17. The second-order valence-corrected chi connectivity index (χ2v) is 5.35. The van der Waals surface area contributed by atoms with E-state index in [2.05, 4.69) is 20.0 Å². The van der Waals surface area contributed by atoms with Crippen molar-refractivity contribution in [1.29, 1.82) is 0 Å². The molecule has 0 aliphatic rings. The molecule has 1 aromatic heterocycles. The zero-order chi connectivity index (χ0) is 18.4. The fraction of sp³-hybridized carbons (Fsp3) is 0.294. The summed E-state index contributed by atoms with van der Waals surface area (Å²) in [5, 5.41) is 12.1. The molecule has 0 fully saturated rings. The lowest BCUT2D eigenvalue weighted by molar-refractivity contribution is -0.139. The Balaban J connectivity index is 2.33. The van der Waals surface area contributed by atoms with Crippen LogP contribution in [-0.2, 0) is 9.53 Å². The minimum Gasteiger partial charge on any atom is -0.492 e. The van der Waals surface area contributed by atoms with Crippen molar-refractivity contribution in [3.8, 4) is 22.9 Å². The molecule has 0 spiro atoms. The number of nitrogens with zero attached hydrogens (tertiary/aromatic N) is 2. The van der Waals surface area contributed by atoms with E-state index in [0.29, 0.717) is 17.0 Å². The molecular weight excluding hydrogens is 326 g/mol. The monoisotopic (exact) mass is 345 g/mol. The summed E-state index contributed by atoms with van der Waals surface area (Å²) >= 11 is 0. The fourth-order valence-corrected chi connectivity index (χ4v) is 2.01. The molecular formula is C17H19N3O5. The predicted octanol–water partition coefficient (Wildman–Crippen LogP) is 1.54. The van der Waals surface area contributed by atoms with Gasteiger partial charge in [-0.2, -0.15) is 0 Å². The Kier molecular flexibility index (Phi) is 5.89. The van der Waals surface area contributed by atoms with E-state index in [-0.39, 0.29) is 18.3 Å². The van der Waals surface area contributed by atoms with Gasteiger partial charge in [-0.1, -0.05) is 12.1 Å². The zero-order valence-electron chi connectivity index (χ0n) is 14.1. The highest BCUT2D eigenvalue weighted by atomic mass is 16.5. The maximum absolute atomic E-state index is 12.1. The van der Waals surface area contributed by atoms with Crippen LogP contribution < -0.4 is 10.1 Å². The number of para-hydroxylation sites is 1. The fourth-order valence-electron chi connectivity index (χ4n) is 2.01. The van der Waals surface area contributed by atoms with E-state index in [1.807, 2.05) is 19.9 Å². The van der Waals surface area contributed by atoms with E-state index in [9.17, 15) is 14.7 Å². The van der Waals surface area contributed by atoms with Crippen LogP contribution in [0.5, 0.6) is 11.6 Å². The number of ether oxygens (including phenoxy) is 2. The number of carbonyl (C=O) groups excluding carboxylic acids is 2. The van der Waals surface area contributed by atoms with Gasteiger partial charge in [0.25, 0.3) is 5.91 Å². The van der Waals surface area contributed by atoms with Crippen LogP contribution in [0.1, 0.15) is 24.3 Å². The first kappa shape index (κ1) is 18.2. The molecule has 0 saturated carbocycles. The quantitative estimate of drug-likeness (QED) is 0.764. The van der Waals surface area contributed by atoms with Gasteiger partial charge in [0.05, 0.1) is 25.1 Å². The standard InChI is InChI=1S/C17H19N3O5/c1-10(2)25-13-7-5-4-6-11(13)12-8-18-16(22)15(20-12)17(23)19-9-14(21)24-3/h4-8,10H,9H2,1-3H3,(H,18,22)(H,19,23). The molecule has 0 aliphatic carbocycles. The maximum Gasteiger partial charge on any atom is 0.325 e. The van der Waals surface area contributed by atoms with Crippen molar-refractivity contribution >= 4 is 11.9 Å². The first-order valence-electron chi connectivity index (χ1n) is 7.59. The third kappa shape index (κ3) is 4.66. The summed E-state index contributed by atoms with van der Waals surface area (Å²) in [5.41, 5.74) is 0.698. The van der Waals surface area contributed by atoms with Gasteiger partial charge in [-0.15, -0.1) is 0 Å². The molecule has 1 aromatic carbocycles. The highest BCUT2D eigenvalue weighted by Crippen LogP contribution is 2.30. The number of carbonyl (C=O) groups is 2. The molecule has 1 amide bonds. The molecule has 1 heterocycles. The highest BCUT2D eigenvalue weighted by molar-refractivity contribution is 5.96. The van der Waals surface area contributed by atoms with Crippen LogP contribution in [0.4, 0.5) is 0 Å². The summed E-state index contributed by atoms with van der Waals surface area (Å²) < 4.78 is 10.2. The van der Waals surface area contributed by atoms with Crippen molar-refractivity contribution in [2.45, 2.75) is 20.0 Å². The molecule has 2 aromatic rings. The molecule has 0 unspecified atom stereocenters. The average Bonchev–Trinajstić information content (AvgIpc) is 2.60. The van der Waals surface area contributed by atoms with Gasteiger partial charge in [0, 0.05) is 5.56 Å². The molecule has 132 valence electrons. The van der Waals surface area contributed by atoms with Crippen LogP contribution in [0.15, 0.2) is 30.5 Å². The van der Waals surface area contributed by atoms with Gasteiger partial charge >= 0.3 is 5.97 Å². The van der Waals surface area contributed by atoms with Gasteiger partial charge in [-0.3, -0.25) is 9.59 Å². The molecule has 2 rings (SSSR count). The summed E-state index contributed by atoms with van der Waals surface area (Å²) in [5.74, 6) is -1.31. The zero-order valence-corrected chi connectivity index (χ0v) is 14.1. The Bertz CT molecular complexity index is 777. The van der Waals surface area contributed by atoms with Gasteiger partial charge in [-0.05, 0) is 26.0 Å². The minimum atomic E-state index is -0.737. The normalized spacial score (nSPS) is 10.4. The van der Waals surface area contributed by atoms with E-state index >= 15 is 0 Å². The topological polar surface area (TPSA) is 111 Å². The van der Waals surface area contributed by atoms with Crippen LogP contribution in [0.3, 0.4) is 0 Å². The number of aromatic nitrogens is 2. The van der Waals surface area contributed by atoms with E-state index in [0.717, 1.165) is 0 Å². The molecule has 8 nitrogen and oxygen atoms in total. The molecule has 0 saturated heterocycles. The number of esters is 1. The van der Waals surface area contributed by atoms with Gasteiger partial charge in [0.1, 0.15) is 12.3 Å². The number of aromatic hydroxyl groups is 1. The SMILES string of the molecule is COC(=O)CNC(=O)c1nc(-c2ccccc2OC(C)C)cnc1O. The van der Waals surface area contributed by atoms with Crippen LogP contribution in [0.2, 0.25) is 0 Å². The summed E-state index contributed by atoms with van der Waals surface area (Å²) in [7, 11) is 1.21. The van der Waals surface area contributed by atoms with Crippen LogP contribution in [-0.4, -0.2) is 46.7 Å². The molecule has 0 radical (unpaired) electrons. The van der Waals surface area contributed by atoms with E-state index in [1.54, 1.807) is 18.2 Å². The molecule has 8 heteroatoms. The first-order valence-corrected chi connectivity index (χ1v) is 7.59. The number of rotatable bonds is 6. The highest BCUT2D eigenvalue weighted by Gasteiger charge is 2.18. The molecule has 0 atom stereocenters. The number of nitrogens with one attached hydrogen (secondary N) is 1. The second kappa shape index (κ2) is 8.09.